The number of halogens is 2. The lowest BCUT2D eigenvalue weighted by molar-refractivity contribution is -0.149. The van der Waals surface area contributed by atoms with Crippen molar-refractivity contribution in [3.63, 3.8) is 0 Å². The van der Waals surface area contributed by atoms with Crippen LogP contribution in [0.15, 0.2) is 12.1 Å². The zero-order chi connectivity index (χ0) is 19.6. The number of anilines is 2. The van der Waals surface area contributed by atoms with Gasteiger partial charge in [-0.15, -0.1) is 0 Å². The van der Waals surface area contributed by atoms with Crippen LogP contribution in [-0.4, -0.2) is 42.7 Å². The number of hydrogen-bond donors (Lipinski definition) is 1. The molecule has 0 aliphatic heterocycles. The fourth-order valence-corrected chi connectivity index (χ4v) is 3.43. The maximum Gasteiger partial charge on any atom is 0.308 e. The number of fused-ring (bicyclic) bond motifs is 1. The zero-order valence-electron chi connectivity index (χ0n) is 15.8. The van der Waals surface area contributed by atoms with Gasteiger partial charge in [0.05, 0.1) is 18.0 Å². The highest BCUT2D eigenvalue weighted by Gasteiger charge is 2.27. The third-order valence-corrected chi connectivity index (χ3v) is 4.82. The summed E-state index contributed by atoms with van der Waals surface area (Å²) in [4.78, 5) is 22.4. The van der Waals surface area contributed by atoms with Crippen molar-refractivity contribution in [2.45, 2.75) is 38.6 Å². The Morgan fingerprint density at radius 2 is 1.85 bits per heavy atom. The Morgan fingerprint density at radius 1 is 1.19 bits per heavy atom. The van der Waals surface area contributed by atoms with Crippen molar-refractivity contribution in [1.82, 2.24) is 9.97 Å². The van der Waals surface area contributed by atoms with Gasteiger partial charge in [-0.05, 0) is 38.7 Å². The van der Waals surface area contributed by atoms with Crippen LogP contribution >= 0.6 is 0 Å². The Balaban J connectivity index is 1.78. The number of esters is 1. The fourth-order valence-electron chi connectivity index (χ4n) is 3.43. The van der Waals surface area contributed by atoms with E-state index in [1.165, 1.54) is 0 Å². The van der Waals surface area contributed by atoms with Gasteiger partial charge in [0.1, 0.15) is 5.82 Å². The van der Waals surface area contributed by atoms with Crippen LogP contribution in [0.3, 0.4) is 0 Å². The summed E-state index contributed by atoms with van der Waals surface area (Å²) < 4.78 is 32.3. The van der Waals surface area contributed by atoms with Gasteiger partial charge in [-0.1, -0.05) is 0 Å². The molecule has 1 aliphatic carbocycles. The molecule has 1 aromatic carbocycles. The Morgan fingerprint density at radius 3 is 2.48 bits per heavy atom. The summed E-state index contributed by atoms with van der Waals surface area (Å²) >= 11 is 0. The Kier molecular flexibility index (Phi) is 5.72. The van der Waals surface area contributed by atoms with Crippen LogP contribution in [0, 0.1) is 17.6 Å². The number of carbonyl (C=O) groups is 1. The van der Waals surface area contributed by atoms with Crippen LogP contribution in [0.1, 0.15) is 32.6 Å². The van der Waals surface area contributed by atoms with E-state index in [1.807, 2.05) is 0 Å². The maximum atomic E-state index is 13.6. The van der Waals surface area contributed by atoms with Crippen molar-refractivity contribution in [2.75, 3.05) is 30.9 Å². The highest BCUT2D eigenvalue weighted by Crippen LogP contribution is 2.29. The van der Waals surface area contributed by atoms with Crippen LogP contribution in [0.5, 0.6) is 0 Å². The summed E-state index contributed by atoms with van der Waals surface area (Å²) in [5.74, 6) is -1.17. The molecule has 1 heterocycles. The van der Waals surface area contributed by atoms with E-state index >= 15 is 0 Å². The highest BCUT2D eigenvalue weighted by molar-refractivity contribution is 5.90. The number of benzene rings is 1. The molecule has 3 rings (SSSR count). The summed E-state index contributed by atoms with van der Waals surface area (Å²) in [6, 6.07) is 2.32. The van der Waals surface area contributed by atoms with Gasteiger partial charge in [-0.2, -0.15) is 4.98 Å². The van der Waals surface area contributed by atoms with E-state index in [2.05, 4.69) is 15.3 Å². The van der Waals surface area contributed by atoms with E-state index in [9.17, 15) is 13.6 Å². The first-order chi connectivity index (χ1) is 12.9. The fraction of sp³-hybridized carbons (Fsp3) is 0.526. The molecule has 1 saturated carbocycles. The van der Waals surface area contributed by atoms with Crippen molar-refractivity contribution < 1.29 is 18.3 Å². The molecule has 1 aromatic heterocycles. The minimum atomic E-state index is -0.938. The Hall–Kier alpha value is -2.51. The molecule has 0 bridgehead atoms. The molecule has 0 spiro atoms. The first-order valence-electron chi connectivity index (χ1n) is 9.16. The van der Waals surface area contributed by atoms with E-state index in [0.29, 0.717) is 29.3 Å². The topological polar surface area (TPSA) is 67.3 Å². The second kappa shape index (κ2) is 8.02. The average Bonchev–Trinajstić information content (AvgIpc) is 2.63. The molecular weight excluding hydrogens is 354 g/mol. The van der Waals surface area contributed by atoms with E-state index in [-0.39, 0.29) is 17.9 Å². The predicted octanol–water partition coefficient (Wildman–Crippen LogP) is 3.51. The van der Waals surface area contributed by atoms with Gasteiger partial charge in [-0.25, -0.2) is 13.8 Å². The molecule has 0 amide bonds. The first-order valence-corrected chi connectivity index (χ1v) is 9.16. The lowest BCUT2D eigenvalue weighted by Gasteiger charge is -2.28. The Bertz CT molecular complexity index is 836. The third kappa shape index (κ3) is 4.26. The molecule has 0 atom stereocenters. The number of carbonyl (C=O) groups excluding carboxylic acids is 1. The number of rotatable bonds is 5. The summed E-state index contributed by atoms with van der Waals surface area (Å²) in [7, 11) is 3.58. The molecular formula is C19H24F2N4O2. The molecule has 0 saturated heterocycles. The summed E-state index contributed by atoms with van der Waals surface area (Å²) in [5.41, 5.74) is 0.343. The molecule has 2 aromatic rings. The third-order valence-electron chi connectivity index (χ3n) is 4.82. The van der Waals surface area contributed by atoms with Gasteiger partial charge >= 0.3 is 5.97 Å². The van der Waals surface area contributed by atoms with Gasteiger partial charge in [-0.3, -0.25) is 4.79 Å². The van der Waals surface area contributed by atoms with Crippen LogP contribution in [0.25, 0.3) is 10.9 Å². The van der Waals surface area contributed by atoms with Crippen molar-refractivity contribution >= 4 is 28.6 Å². The van der Waals surface area contributed by atoms with Crippen molar-refractivity contribution in [3.8, 4) is 0 Å². The second-order valence-electron chi connectivity index (χ2n) is 6.99. The molecule has 6 nitrogen and oxygen atoms in total. The number of ether oxygens (including phenoxy) is 1. The van der Waals surface area contributed by atoms with E-state index in [0.717, 1.165) is 37.8 Å². The van der Waals surface area contributed by atoms with Crippen LogP contribution in [0.4, 0.5) is 20.5 Å². The normalized spacial score (nSPS) is 19.7. The number of nitrogens with one attached hydrogen (secondary N) is 1. The maximum absolute atomic E-state index is 13.6. The van der Waals surface area contributed by atoms with Gasteiger partial charge < -0.3 is 15.0 Å². The molecule has 1 N–H and O–H groups in total. The standard InChI is InChI=1S/C19H24F2N4O2/c1-4-27-18(26)11-5-7-12(8-6-11)22-19-23-16-10-15(21)14(20)9-13(16)17(24-19)25(2)3/h9-12H,4-8H2,1-3H3,(H,22,23,24)/t11-,12+. The summed E-state index contributed by atoms with van der Waals surface area (Å²) in [5, 5.41) is 3.73. The quantitative estimate of drug-likeness (QED) is 0.803. The monoisotopic (exact) mass is 378 g/mol. The molecule has 8 heteroatoms. The largest absolute Gasteiger partial charge is 0.466 e. The van der Waals surface area contributed by atoms with Crippen molar-refractivity contribution in [2.24, 2.45) is 5.92 Å². The van der Waals surface area contributed by atoms with Gasteiger partial charge in [0.25, 0.3) is 0 Å². The first kappa shape index (κ1) is 19.3. The number of aromatic nitrogens is 2. The molecule has 1 fully saturated rings. The summed E-state index contributed by atoms with van der Waals surface area (Å²) in [6.45, 7) is 2.20. The van der Waals surface area contributed by atoms with Crippen molar-refractivity contribution in [3.05, 3.63) is 23.8 Å². The van der Waals surface area contributed by atoms with Crippen LogP contribution < -0.4 is 10.2 Å². The molecule has 1 aliphatic rings. The minimum Gasteiger partial charge on any atom is -0.466 e. The van der Waals surface area contributed by atoms with Crippen LogP contribution in [0.2, 0.25) is 0 Å². The van der Waals surface area contributed by atoms with E-state index in [1.54, 1.807) is 25.9 Å². The Labute approximate surface area is 156 Å². The highest BCUT2D eigenvalue weighted by atomic mass is 19.2. The van der Waals surface area contributed by atoms with Crippen LogP contribution in [-0.2, 0) is 9.53 Å². The zero-order valence-corrected chi connectivity index (χ0v) is 15.8. The van der Waals surface area contributed by atoms with Gasteiger partial charge in [0.2, 0.25) is 5.95 Å². The van der Waals surface area contributed by atoms with Crippen molar-refractivity contribution in [1.29, 1.82) is 0 Å². The smallest absolute Gasteiger partial charge is 0.308 e. The lowest BCUT2D eigenvalue weighted by atomic mass is 9.86. The minimum absolute atomic E-state index is 0.0603. The second-order valence-corrected chi connectivity index (χ2v) is 6.99. The predicted molar refractivity (Wildman–Crippen MR) is 99.8 cm³/mol. The number of hydrogen-bond acceptors (Lipinski definition) is 6. The SMILES string of the molecule is CCOC(=O)[C@H]1CC[C@@H](Nc2nc(N(C)C)c3cc(F)c(F)cc3n2)CC1. The summed E-state index contributed by atoms with van der Waals surface area (Å²) in [6.07, 6.45) is 3.06. The van der Waals surface area contributed by atoms with E-state index < -0.39 is 11.6 Å². The average molecular weight is 378 g/mol. The molecule has 0 unspecified atom stereocenters. The van der Waals surface area contributed by atoms with Gasteiger partial charge in [0.15, 0.2) is 11.6 Å². The molecule has 27 heavy (non-hydrogen) atoms. The lowest BCUT2D eigenvalue weighted by Crippen LogP contribution is -2.31. The van der Waals surface area contributed by atoms with Gasteiger partial charge in [0, 0.05) is 31.6 Å². The number of nitrogens with zero attached hydrogens (tertiary/aromatic N) is 3. The van der Waals surface area contributed by atoms with E-state index in [4.69, 9.17) is 4.74 Å². The molecule has 0 radical (unpaired) electrons. The molecule has 146 valence electrons.